The van der Waals surface area contributed by atoms with Gasteiger partial charge in [0.25, 0.3) is 5.91 Å². The van der Waals surface area contributed by atoms with E-state index in [1.165, 1.54) is 6.07 Å². The van der Waals surface area contributed by atoms with E-state index in [0.717, 1.165) is 5.01 Å². The number of ether oxygens (including phenoxy) is 1. The standard InChI is InChI=1S/C19H19FN4O3S/c1-11-4-7-13(10-15(11)20)21-17(28)23-24-16(25)19(2,22-18(24)26)12-5-8-14(27-3)9-6-12/h4-10H,1-3H3,(H,22,26)(H2,21,23,28)/t19-/m1/s1. The Labute approximate surface area is 166 Å². The summed E-state index contributed by atoms with van der Waals surface area (Å²) in [6.07, 6.45) is 0. The molecule has 0 spiro atoms. The summed E-state index contributed by atoms with van der Waals surface area (Å²) in [7, 11) is 1.54. The number of amides is 3. The average molecular weight is 402 g/mol. The quantitative estimate of drug-likeness (QED) is 0.539. The van der Waals surface area contributed by atoms with E-state index in [0.29, 0.717) is 22.6 Å². The molecule has 1 aliphatic rings. The number of anilines is 1. The number of methoxy groups -OCH3 is 1. The van der Waals surface area contributed by atoms with Crippen LogP contribution in [0.4, 0.5) is 14.9 Å². The van der Waals surface area contributed by atoms with Gasteiger partial charge < -0.3 is 15.4 Å². The Bertz CT molecular complexity index is 951. The van der Waals surface area contributed by atoms with E-state index < -0.39 is 23.3 Å². The van der Waals surface area contributed by atoms with Gasteiger partial charge in [-0.05, 0) is 61.5 Å². The first kappa shape index (κ1) is 19.6. The number of hydrogen-bond acceptors (Lipinski definition) is 4. The summed E-state index contributed by atoms with van der Waals surface area (Å²) in [5, 5.41) is 6.18. The first-order chi connectivity index (χ1) is 13.2. The monoisotopic (exact) mass is 402 g/mol. The van der Waals surface area contributed by atoms with Crippen molar-refractivity contribution >= 4 is 35.0 Å². The molecule has 1 aliphatic heterocycles. The second-order valence-corrected chi connectivity index (χ2v) is 6.86. The molecule has 2 aromatic rings. The Balaban J connectivity index is 1.73. The van der Waals surface area contributed by atoms with Gasteiger partial charge in [-0.25, -0.2) is 9.18 Å². The molecule has 1 atom stereocenters. The van der Waals surface area contributed by atoms with Gasteiger partial charge in [-0.2, -0.15) is 5.01 Å². The molecule has 9 heteroatoms. The van der Waals surface area contributed by atoms with E-state index in [4.69, 9.17) is 17.0 Å². The fourth-order valence-corrected chi connectivity index (χ4v) is 3.00. The molecule has 146 valence electrons. The first-order valence-electron chi connectivity index (χ1n) is 8.39. The van der Waals surface area contributed by atoms with Gasteiger partial charge in [0.05, 0.1) is 7.11 Å². The zero-order chi connectivity index (χ0) is 20.5. The van der Waals surface area contributed by atoms with Gasteiger partial charge in [-0.15, -0.1) is 0 Å². The number of thiocarbonyl (C=S) groups is 1. The van der Waals surface area contributed by atoms with Crippen LogP contribution in [0, 0.1) is 12.7 Å². The number of benzene rings is 2. The lowest BCUT2D eigenvalue weighted by atomic mass is 9.92. The number of halogens is 1. The zero-order valence-corrected chi connectivity index (χ0v) is 16.3. The van der Waals surface area contributed by atoms with Gasteiger partial charge in [0.2, 0.25) is 0 Å². The Hall–Kier alpha value is -3.20. The first-order valence-corrected chi connectivity index (χ1v) is 8.80. The predicted octanol–water partition coefficient (Wildman–Crippen LogP) is 2.81. The Morgan fingerprint density at radius 3 is 2.50 bits per heavy atom. The molecule has 0 saturated carbocycles. The third-order valence-electron chi connectivity index (χ3n) is 4.50. The van der Waals surface area contributed by atoms with Crippen LogP contribution < -0.4 is 20.8 Å². The molecule has 7 nitrogen and oxygen atoms in total. The number of nitrogens with one attached hydrogen (secondary N) is 3. The molecule has 3 N–H and O–H groups in total. The van der Waals surface area contributed by atoms with Gasteiger partial charge in [-0.3, -0.25) is 10.2 Å². The summed E-state index contributed by atoms with van der Waals surface area (Å²) in [5.74, 6) is -0.286. The van der Waals surface area contributed by atoms with Crippen LogP contribution in [0.5, 0.6) is 5.75 Å². The minimum absolute atomic E-state index is 0.0225. The van der Waals surface area contributed by atoms with Crippen molar-refractivity contribution < 1.29 is 18.7 Å². The molecule has 0 bridgehead atoms. The lowest BCUT2D eigenvalue weighted by molar-refractivity contribution is -0.132. The molecule has 0 aliphatic carbocycles. The normalized spacial score (nSPS) is 18.6. The number of hydrazine groups is 1. The predicted molar refractivity (Wildman–Crippen MR) is 106 cm³/mol. The number of aryl methyl sites for hydroxylation is 1. The van der Waals surface area contributed by atoms with Gasteiger partial charge in [0, 0.05) is 5.69 Å². The highest BCUT2D eigenvalue weighted by atomic mass is 32.1. The fraction of sp³-hybridized carbons (Fsp3) is 0.211. The lowest BCUT2D eigenvalue weighted by Crippen LogP contribution is -2.49. The molecule has 3 rings (SSSR count). The van der Waals surface area contributed by atoms with Crippen LogP contribution in [0.3, 0.4) is 0 Å². The molecule has 1 fully saturated rings. The molecular formula is C19H19FN4O3S. The smallest absolute Gasteiger partial charge is 0.344 e. The molecule has 3 amide bonds. The van der Waals surface area contributed by atoms with Crippen molar-refractivity contribution in [2.45, 2.75) is 19.4 Å². The van der Waals surface area contributed by atoms with Gasteiger partial charge in [0.1, 0.15) is 17.1 Å². The Morgan fingerprint density at radius 1 is 1.21 bits per heavy atom. The van der Waals surface area contributed by atoms with Crippen molar-refractivity contribution in [3.05, 3.63) is 59.4 Å². The van der Waals surface area contributed by atoms with E-state index in [-0.39, 0.29) is 5.11 Å². The summed E-state index contributed by atoms with van der Waals surface area (Å²) in [6, 6.07) is 10.7. The van der Waals surface area contributed by atoms with Gasteiger partial charge in [-0.1, -0.05) is 18.2 Å². The third-order valence-corrected chi connectivity index (χ3v) is 4.69. The number of nitrogens with zero attached hydrogens (tertiary/aromatic N) is 1. The van der Waals surface area contributed by atoms with E-state index in [2.05, 4.69) is 16.1 Å². The van der Waals surface area contributed by atoms with Crippen LogP contribution >= 0.6 is 12.2 Å². The maximum absolute atomic E-state index is 13.7. The molecule has 28 heavy (non-hydrogen) atoms. The van der Waals surface area contributed by atoms with Crippen molar-refractivity contribution in [3.63, 3.8) is 0 Å². The molecule has 2 aromatic carbocycles. The summed E-state index contributed by atoms with van der Waals surface area (Å²) in [5.41, 5.74) is 2.77. The van der Waals surface area contributed by atoms with Crippen molar-refractivity contribution in [2.75, 3.05) is 12.4 Å². The molecular weight excluding hydrogens is 383 g/mol. The van der Waals surface area contributed by atoms with Crippen LogP contribution in [0.15, 0.2) is 42.5 Å². The minimum Gasteiger partial charge on any atom is -0.497 e. The number of hydrogen-bond donors (Lipinski definition) is 3. The summed E-state index contributed by atoms with van der Waals surface area (Å²) in [6.45, 7) is 3.24. The summed E-state index contributed by atoms with van der Waals surface area (Å²) in [4.78, 5) is 25.2. The van der Waals surface area contributed by atoms with Crippen molar-refractivity contribution in [1.29, 1.82) is 0 Å². The number of imide groups is 1. The van der Waals surface area contributed by atoms with Gasteiger partial charge in [0.15, 0.2) is 5.11 Å². The molecule has 0 radical (unpaired) electrons. The maximum Gasteiger partial charge on any atom is 0.344 e. The van der Waals surface area contributed by atoms with Crippen LogP contribution in [-0.2, 0) is 10.3 Å². The van der Waals surface area contributed by atoms with Crippen molar-refractivity contribution in [2.24, 2.45) is 0 Å². The average Bonchev–Trinajstić information content (AvgIpc) is 2.89. The topological polar surface area (TPSA) is 82.7 Å². The van der Waals surface area contributed by atoms with Crippen LogP contribution in [-0.4, -0.2) is 29.2 Å². The second kappa shape index (κ2) is 7.43. The molecule has 0 unspecified atom stereocenters. The molecule has 0 aromatic heterocycles. The van der Waals surface area contributed by atoms with E-state index in [9.17, 15) is 14.0 Å². The van der Waals surface area contributed by atoms with Crippen molar-refractivity contribution in [3.8, 4) is 5.75 Å². The maximum atomic E-state index is 13.7. The number of carbonyl (C=O) groups is 2. The number of urea groups is 1. The Morgan fingerprint density at radius 2 is 1.89 bits per heavy atom. The SMILES string of the molecule is COc1ccc([C@@]2(C)NC(=O)N(NC(=S)Nc3ccc(C)c(F)c3)C2=O)cc1. The summed E-state index contributed by atoms with van der Waals surface area (Å²) >= 11 is 5.14. The minimum atomic E-state index is -1.26. The lowest BCUT2D eigenvalue weighted by Gasteiger charge is -2.23. The highest BCUT2D eigenvalue weighted by Crippen LogP contribution is 2.29. The molecule has 1 heterocycles. The third kappa shape index (κ3) is 3.61. The van der Waals surface area contributed by atoms with Crippen LogP contribution in [0.2, 0.25) is 0 Å². The van der Waals surface area contributed by atoms with E-state index in [1.54, 1.807) is 57.4 Å². The van der Waals surface area contributed by atoms with E-state index >= 15 is 0 Å². The van der Waals surface area contributed by atoms with Gasteiger partial charge >= 0.3 is 6.03 Å². The van der Waals surface area contributed by atoms with Crippen molar-refractivity contribution in [1.82, 2.24) is 15.8 Å². The Kier molecular flexibility index (Phi) is 5.19. The van der Waals surface area contributed by atoms with Crippen LogP contribution in [0.25, 0.3) is 0 Å². The number of carbonyl (C=O) groups excluding carboxylic acids is 2. The zero-order valence-electron chi connectivity index (χ0n) is 15.5. The fourth-order valence-electron chi connectivity index (χ4n) is 2.79. The highest BCUT2D eigenvalue weighted by Gasteiger charge is 2.49. The number of rotatable bonds is 4. The second-order valence-electron chi connectivity index (χ2n) is 6.45. The van der Waals surface area contributed by atoms with Crippen LogP contribution in [0.1, 0.15) is 18.1 Å². The van der Waals surface area contributed by atoms with E-state index in [1.807, 2.05) is 0 Å². The summed E-state index contributed by atoms with van der Waals surface area (Å²) < 4.78 is 18.8. The highest BCUT2D eigenvalue weighted by molar-refractivity contribution is 7.80. The largest absolute Gasteiger partial charge is 0.497 e. The molecule has 1 saturated heterocycles.